The first-order valence-electron chi connectivity index (χ1n) is 14.1. The fraction of sp³-hybridized carbons (Fsp3) is 0.0769. The minimum absolute atomic E-state index is 0.184. The van der Waals surface area contributed by atoms with Crippen LogP contribution in [0.25, 0.3) is 43.4 Å². The Labute approximate surface area is 239 Å². The summed E-state index contributed by atoms with van der Waals surface area (Å²) in [5.74, 6) is -0.249. The van der Waals surface area contributed by atoms with Gasteiger partial charge in [-0.2, -0.15) is 0 Å². The van der Waals surface area contributed by atoms with E-state index in [0.29, 0.717) is 0 Å². The summed E-state index contributed by atoms with van der Waals surface area (Å²) in [5, 5.41) is 7.68. The zero-order valence-corrected chi connectivity index (χ0v) is 23.0. The van der Waals surface area contributed by atoms with Crippen molar-refractivity contribution < 1.29 is 4.39 Å². The normalized spacial score (nSPS) is 13.4. The minimum atomic E-state index is -0.249. The van der Waals surface area contributed by atoms with Gasteiger partial charge in [0.2, 0.25) is 0 Å². The van der Waals surface area contributed by atoms with Crippen LogP contribution in [0.5, 0.6) is 0 Å². The van der Waals surface area contributed by atoms with Crippen molar-refractivity contribution in [2.24, 2.45) is 0 Å². The molecule has 41 heavy (non-hydrogen) atoms. The number of halogens is 1. The van der Waals surface area contributed by atoms with Crippen molar-refractivity contribution in [3.05, 3.63) is 150 Å². The first-order valence-corrected chi connectivity index (χ1v) is 14.1. The maximum atomic E-state index is 14.4. The molecule has 196 valence electrons. The van der Waals surface area contributed by atoms with E-state index in [1.807, 2.05) is 24.3 Å². The summed E-state index contributed by atoms with van der Waals surface area (Å²) in [4.78, 5) is 2.12. The molecule has 7 aromatic rings. The molecule has 0 bridgehead atoms. The van der Waals surface area contributed by atoms with Crippen molar-refractivity contribution in [2.45, 2.75) is 19.3 Å². The molecule has 1 aliphatic carbocycles. The Morgan fingerprint density at radius 3 is 1.88 bits per heavy atom. The number of anilines is 3. The minimum Gasteiger partial charge on any atom is -0.310 e. The van der Waals surface area contributed by atoms with Gasteiger partial charge in [-0.05, 0) is 97.0 Å². The van der Waals surface area contributed by atoms with Crippen LogP contribution in [0.1, 0.15) is 25.0 Å². The molecule has 0 atom stereocenters. The smallest absolute Gasteiger partial charge is 0.125 e. The molecule has 0 saturated carbocycles. The summed E-state index contributed by atoms with van der Waals surface area (Å²) in [6.45, 7) is 4.74. The lowest BCUT2D eigenvalue weighted by molar-refractivity contribution is 0.628. The summed E-state index contributed by atoms with van der Waals surface area (Å²) < 4.78 is 14.4. The van der Waals surface area contributed by atoms with Crippen LogP contribution < -0.4 is 4.90 Å². The van der Waals surface area contributed by atoms with E-state index in [2.05, 4.69) is 110 Å². The van der Waals surface area contributed by atoms with Crippen LogP contribution >= 0.6 is 0 Å². The second kappa shape index (κ2) is 8.78. The quantitative estimate of drug-likeness (QED) is 0.206. The van der Waals surface area contributed by atoms with E-state index < -0.39 is 0 Å². The Balaban J connectivity index is 1.38. The Bertz CT molecular complexity index is 2140. The predicted octanol–water partition coefficient (Wildman–Crippen LogP) is 11.1. The molecule has 1 nitrogen and oxygen atoms in total. The molecule has 0 aromatic heterocycles. The predicted molar refractivity (Wildman–Crippen MR) is 171 cm³/mol. The molecular weight excluding hydrogens is 501 g/mol. The number of hydrogen-bond donors (Lipinski definition) is 0. The fourth-order valence-electron chi connectivity index (χ4n) is 7.17. The highest BCUT2D eigenvalue weighted by Crippen LogP contribution is 2.56. The molecule has 0 unspecified atom stereocenters. The highest BCUT2D eigenvalue weighted by molar-refractivity contribution is 6.19. The lowest BCUT2D eigenvalue weighted by atomic mass is 9.78. The number of para-hydroxylation sites is 1. The van der Waals surface area contributed by atoms with Crippen LogP contribution in [0.15, 0.2) is 133 Å². The molecule has 0 fully saturated rings. The van der Waals surface area contributed by atoms with Gasteiger partial charge in [-0.15, -0.1) is 0 Å². The fourth-order valence-corrected chi connectivity index (χ4v) is 7.17. The van der Waals surface area contributed by atoms with Gasteiger partial charge in [0, 0.05) is 22.5 Å². The lowest BCUT2D eigenvalue weighted by Crippen LogP contribution is -2.16. The topological polar surface area (TPSA) is 3.24 Å². The van der Waals surface area contributed by atoms with Gasteiger partial charge in [-0.25, -0.2) is 4.39 Å². The third-order valence-corrected chi connectivity index (χ3v) is 8.79. The zero-order valence-electron chi connectivity index (χ0n) is 23.0. The van der Waals surface area contributed by atoms with Crippen molar-refractivity contribution in [3.8, 4) is 11.1 Å². The summed E-state index contributed by atoms with van der Waals surface area (Å²) >= 11 is 0. The number of nitrogens with zero attached hydrogens (tertiary/aromatic N) is 1. The van der Waals surface area contributed by atoms with Crippen LogP contribution in [-0.4, -0.2) is 0 Å². The van der Waals surface area contributed by atoms with Gasteiger partial charge in [-0.3, -0.25) is 0 Å². The Morgan fingerprint density at radius 1 is 0.488 bits per heavy atom. The summed E-state index contributed by atoms with van der Waals surface area (Å²) in [5.41, 5.74) is 8.05. The lowest BCUT2D eigenvalue weighted by Gasteiger charge is -2.27. The van der Waals surface area contributed by atoms with Gasteiger partial charge in [0.15, 0.2) is 0 Å². The molecule has 0 amide bonds. The molecule has 0 radical (unpaired) electrons. The molecule has 0 heterocycles. The second-order valence-electron chi connectivity index (χ2n) is 11.5. The van der Waals surface area contributed by atoms with Gasteiger partial charge >= 0.3 is 0 Å². The first kappa shape index (κ1) is 23.9. The largest absolute Gasteiger partial charge is 0.310 e. The van der Waals surface area contributed by atoms with Crippen molar-refractivity contribution >= 4 is 49.4 Å². The van der Waals surface area contributed by atoms with Crippen LogP contribution in [0.3, 0.4) is 0 Å². The van der Waals surface area contributed by atoms with Crippen molar-refractivity contribution in [2.75, 3.05) is 4.90 Å². The summed E-state index contributed by atoms with van der Waals surface area (Å²) in [7, 11) is 0. The van der Waals surface area contributed by atoms with E-state index in [0.717, 1.165) is 17.1 Å². The van der Waals surface area contributed by atoms with Gasteiger partial charge in [-0.1, -0.05) is 105 Å². The monoisotopic (exact) mass is 529 g/mol. The number of fused-ring (bicyclic) bond motifs is 10. The second-order valence-corrected chi connectivity index (χ2v) is 11.5. The standard InChI is InChI=1S/C39H28FN/c1-39(2)37-30-22-20-29(41(27-12-4-3-5-13-27)28-14-10-11-26(40)24-28)23-25(30)19-21-35(37)36-33-17-8-6-15-31(33)32-16-7-9-18-34(32)38(36)39/h3-24H,1-2H3. The maximum Gasteiger partial charge on any atom is 0.125 e. The molecule has 0 aliphatic heterocycles. The van der Waals surface area contributed by atoms with Crippen molar-refractivity contribution in [3.63, 3.8) is 0 Å². The van der Waals surface area contributed by atoms with E-state index >= 15 is 0 Å². The highest BCUT2D eigenvalue weighted by atomic mass is 19.1. The van der Waals surface area contributed by atoms with E-state index in [-0.39, 0.29) is 11.2 Å². The molecule has 0 saturated heterocycles. The third kappa shape index (κ3) is 3.47. The Kier molecular flexibility index (Phi) is 5.11. The van der Waals surface area contributed by atoms with Gasteiger partial charge in [0.1, 0.15) is 5.82 Å². The number of rotatable bonds is 3. The average Bonchev–Trinajstić information content (AvgIpc) is 3.25. The van der Waals surface area contributed by atoms with Gasteiger partial charge < -0.3 is 4.90 Å². The van der Waals surface area contributed by atoms with Crippen LogP contribution in [0.2, 0.25) is 0 Å². The molecular formula is C39H28FN. The van der Waals surface area contributed by atoms with E-state index in [1.54, 1.807) is 12.1 Å². The van der Waals surface area contributed by atoms with E-state index in [4.69, 9.17) is 0 Å². The molecule has 0 N–H and O–H groups in total. The van der Waals surface area contributed by atoms with Crippen molar-refractivity contribution in [1.82, 2.24) is 0 Å². The highest BCUT2D eigenvalue weighted by Gasteiger charge is 2.39. The summed E-state index contributed by atoms with van der Waals surface area (Å²) in [6, 6.07) is 45.9. The molecule has 7 aromatic carbocycles. The van der Waals surface area contributed by atoms with Crippen LogP contribution in [-0.2, 0) is 5.41 Å². The van der Waals surface area contributed by atoms with Crippen molar-refractivity contribution in [1.29, 1.82) is 0 Å². The SMILES string of the molecule is CC1(C)c2c(ccc3cc(N(c4ccccc4)c4cccc(F)c4)ccc23)-c2c1c1ccccc1c1ccccc21. The maximum absolute atomic E-state index is 14.4. The molecule has 1 aliphatic rings. The van der Waals surface area contributed by atoms with Crippen LogP contribution in [0.4, 0.5) is 21.5 Å². The summed E-state index contributed by atoms with van der Waals surface area (Å²) in [6.07, 6.45) is 0. The Hall–Kier alpha value is -4.95. The average molecular weight is 530 g/mol. The van der Waals surface area contributed by atoms with E-state index in [1.165, 1.54) is 60.6 Å². The Morgan fingerprint density at radius 2 is 1.12 bits per heavy atom. The number of benzene rings is 7. The zero-order chi connectivity index (χ0) is 27.7. The van der Waals surface area contributed by atoms with E-state index in [9.17, 15) is 4.39 Å². The van der Waals surface area contributed by atoms with Gasteiger partial charge in [0.25, 0.3) is 0 Å². The molecule has 0 spiro atoms. The van der Waals surface area contributed by atoms with Gasteiger partial charge in [0.05, 0.1) is 0 Å². The first-order chi connectivity index (χ1) is 20.0. The number of hydrogen-bond acceptors (Lipinski definition) is 1. The van der Waals surface area contributed by atoms with Crippen LogP contribution in [0, 0.1) is 5.82 Å². The third-order valence-electron chi connectivity index (χ3n) is 8.79. The molecule has 8 rings (SSSR count). The molecule has 2 heteroatoms.